The predicted molar refractivity (Wildman–Crippen MR) is 74.3 cm³/mol. The molecule has 2 aliphatic rings. The third-order valence-corrected chi connectivity index (χ3v) is 4.71. The molecule has 1 saturated heterocycles. The Bertz CT molecular complexity index is 272. The van der Waals surface area contributed by atoms with Gasteiger partial charge in [0, 0.05) is 12.0 Å². The molecular formula is C15H28N2O. The zero-order chi connectivity index (χ0) is 13.0. The van der Waals surface area contributed by atoms with Gasteiger partial charge in [-0.25, -0.2) is 0 Å². The largest absolute Gasteiger partial charge is 0.353 e. The Kier molecular flexibility index (Phi) is 5.04. The molecule has 0 aromatic heterocycles. The van der Waals surface area contributed by atoms with Crippen LogP contribution in [-0.2, 0) is 4.79 Å². The van der Waals surface area contributed by atoms with E-state index < -0.39 is 0 Å². The number of carbonyl (C=O) groups is 1. The van der Waals surface area contributed by atoms with E-state index in [0.29, 0.717) is 11.9 Å². The highest BCUT2D eigenvalue weighted by atomic mass is 16.1. The van der Waals surface area contributed by atoms with Crippen LogP contribution in [0, 0.1) is 17.8 Å². The fourth-order valence-electron chi connectivity index (χ4n) is 3.37. The second kappa shape index (κ2) is 6.55. The van der Waals surface area contributed by atoms with Crippen molar-refractivity contribution in [2.24, 2.45) is 17.8 Å². The molecule has 0 aromatic rings. The van der Waals surface area contributed by atoms with Gasteiger partial charge in [-0.05, 0) is 50.6 Å². The molecule has 3 nitrogen and oxygen atoms in total. The Morgan fingerprint density at radius 1 is 1.17 bits per heavy atom. The molecule has 1 aliphatic heterocycles. The summed E-state index contributed by atoms with van der Waals surface area (Å²) >= 11 is 0. The van der Waals surface area contributed by atoms with Gasteiger partial charge in [-0.3, -0.25) is 4.79 Å². The molecule has 1 amide bonds. The van der Waals surface area contributed by atoms with Crippen LogP contribution in [0.1, 0.15) is 52.4 Å². The number of piperidine rings is 1. The van der Waals surface area contributed by atoms with Gasteiger partial charge in [-0.2, -0.15) is 0 Å². The fraction of sp³-hybridized carbons (Fsp3) is 0.933. The summed E-state index contributed by atoms with van der Waals surface area (Å²) in [6.07, 6.45) is 7.00. The molecule has 3 heteroatoms. The Labute approximate surface area is 111 Å². The van der Waals surface area contributed by atoms with E-state index in [2.05, 4.69) is 24.5 Å². The van der Waals surface area contributed by atoms with Crippen LogP contribution in [0.5, 0.6) is 0 Å². The van der Waals surface area contributed by atoms with Crippen molar-refractivity contribution in [3.05, 3.63) is 0 Å². The molecule has 1 saturated carbocycles. The van der Waals surface area contributed by atoms with Crippen LogP contribution in [0.25, 0.3) is 0 Å². The van der Waals surface area contributed by atoms with Crippen LogP contribution in [-0.4, -0.2) is 25.0 Å². The van der Waals surface area contributed by atoms with Crippen LogP contribution in [0.4, 0.5) is 0 Å². The highest BCUT2D eigenvalue weighted by molar-refractivity contribution is 5.79. The first kappa shape index (κ1) is 13.9. The maximum absolute atomic E-state index is 12.2. The summed E-state index contributed by atoms with van der Waals surface area (Å²) in [5.41, 5.74) is 0. The van der Waals surface area contributed by atoms with Crippen LogP contribution in [0.3, 0.4) is 0 Å². The minimum Gasteiger partial charge on any atom is -0.353 e. The van der Waals surface area contributed by atoms with E-state index in [9.17, 15) is 4.79 Å². The van der Waals surface area contributed by atoms with Gasteiger partial charge in [0.15, 0.2) is 0 Å². The zero-order valence-corrected chi connectivity index (χ0v) is 11.9. The van der Waals surface area contributed by atoms with Gasteiger partial charge in [-0.15, -0.1) is 0 Å². The maximum atomic E-state index is 12.2. The molecule has 2 unspecified atom stereocenters. The van der Waals surface area contributed by atoms with Crippen LogP contribution < -0.4 is 10.6 Å². The third kappa shape index (κ3) is 3.71. The minimum absolute atomic E-state index is 0.255. The summed E-state index contributed by atoms with van der Waals surface area (Å²) < 4.78 is 0. The summed E-state index contributed by atoms with van der Waals surface area (Å²) in [5.74, 6) is 2.12. The van der Waals surface area contributed by atoms with E-state index in [1.807, 2.05) is 0 Å². The molecule has 0 bridgehead atoms. The van der Waals surface area contributed by atoms with Crippen molar-refractivity contribution in [3.8, 4) is 0 Å². The first-order valence-corrected chi connectivity index (χ1v) is 7.68. The average Bonchev–Trinajstić information content (AvgIpc) is 2.40. The molecule has 2 atom stereocenters. The molecule has 2 fully saturated rings. The number of hydrogen-bond donors (Lipinski definition) is 2. The Balaban J connectivity index is 1.79. The van der Waals surface area contributed by atoms with E-state index in [1.54, 1.807) is 0 Å². The molecule has 1 heterocycles. The lowest BCUT2D eigenvalue weighted by Gasteiger charge is -2.33. The minimum atomic E-state index is 0.255. The number of carbonyl (C=O) groups excluding carboxylic acids is 1. The summed E-state index contributed by atoms with van der Waals surface area (Å²) in [7, 11) is 0. The topological polar surface area (TPSA) is 41.1 Å². The van der Waals surface area contributed by atoms with Crippen molar-refractivity contribution >= 4 is 5.91 Å². The number of nitrogens with one attached hydrogen (secondary N) is 2. The van der Waals surface area contributed by atoms with Crippen molar-refractivity contribution in [1.82, 2.24) is 10.6 Å². The van der Waals surface area contributed by atoms with E-state index >= 15 is 0 Å². The lowest BCUT2D eigenvalue weighted by atomic mass is 9.79. The van der Waals surface area contributed by atoms with Crippen LogP contribution in [0.2, 0.25) is 0 Å². The van der Waals surface area contributed by atoms with E-state index in [1.165, 1.54) is 25.7 Å². The monoisotopic (exact) mass is 252 g/mol. The van der Waals surface area contributed by atoms with Gasteiger partial charge in [0.25, 0.3) is 0 Å². The number of amides is 1. The predicted octanol–water partition coefficient (Wildman–Crippen LogP) is 2.32. The molecule has 18 heavy (non-hydrogen) atoms. The third-order valence-electron chi connectivity index (χ3n) is 4.71. The Morgan fingerprint density at radius 2 is 1.89 bits per heavy atom. The van der Waals surface area contributed by atoms with Gasteiger partial charge in [-0.1, -0.05) is 26.7 Å². The first-order chi connectivity index (χ1) is 8.66. The van der Waals surface area contributed by atoms with Gasteiger partial charge < -0.3 is 10.6 Å². The Morgan fingerprint density at radius 3 is 2.56 bits per heavy atom. The molecule has 2 N–H and O–H groups in total. The molecule has 0 aromatic carbocycles. The fourth-order valence-corrected chi connectivity index (χ4v) is 3.37. The van der Waals surface area contributed by atoms with Crippen molar-refractivity contribution in [1.29, 1.82) is 0 Å². The van der Waals surface area contributed by atoms with Crippen molar-refractivity contribution in [2.45, 2.75) is 58.4 Å². The highest BCUT2D eigenvalue weighted by Gasteiger charge is 2.28. The highest BCUT2D eigenvalue weighted by Crippen LogP contribution is 2.30. The lowest BCUT2D eigenvalue weighted by Crippen LogP contribution is -2.44. The molecular weight excluding hydrogens is 224 g/mol. The van der Waals surface area contributed by atoms with E-state index in [4.69, 9.17) is 0 Å². The Hall–Kier alpha value is -0.570. The standard InChI is InChI=1S/C15H28N2O/c1-11(2)13-4-3-5-14(10-13)17-15(18)12-6-8-16-9-7-12/h11-14,16H,3-10H2,1-2H3,(H,17,18). The van der Waals surface area contributed by atoms with Crippen molar-refractivity contribution in [2.75, 3.05) is 13.1 Å². The van der Waals surface area contributed by atoms with Gasteiger partial charge in [0.2, 0.25) is 5.91 Å². The average molecular weight is 252 g/mol. The van der Waals surface area contributed by atoms with Crippen LogP contribution in [0.15, 0.2) is 0 Å². The van der Waals surface area contributed by atoms with Gasteiger partial charge in [0.05, 0.1) is 0 Å². The lowest BCUT2D eigenvalue weighted by molar-refractivity contribution is -0.126. The van der Waals surface area contributed by atoms with Crippen LogP contribution >= 0.6 is 0 Å². The quantitative estimate of drug-likeness (QED) is 0.809. The van der Waals surface area contributed by atoms with Crippen molar-refractivity contribution < 1.29 is 4.79 Å². The second-order valence-corrected chi connectivity index (χ2v) is 6.40. The normalized spacial score (nSPS) is 30.4. The SMILES string of the molecule is CC(C)C1CCCC(NC(=O)C2CCNCC2)C1. The summed E-state index contributed by atoms with van der Waals surface area (Å²) in [6, 6.07) is 0.438. The zero-order valence-electron chi connectivity index (χ0n) is 11.9. The first-order valence-electron chi connectivity index (χ1n) is 7.68. The molecule has 0 spiro atoms. The second-order valence-electron chi connectivity index (χ2n) is 6.40. The summed E-state index contributed by atoms with van der Waals surface area (Å²) in [4.78, 5) is 12.2. The molecule has 0 radical (unpaired) electrons. The smallest absolute Gasteiger partial charge is 0.223 e. The summed E-state index contributed by atoms with van der Waals surface area (Å²) in [6.45, 7) is 6.61. The van der Waals surface area contributed by atoms with E-state index in [0.717, 1.165) is 37.8 Å². The maximum Gasteiger partial charge on any atom is 0.223 e. The summed E-state index contributed by atoms with van der Waals surface area (Å²) in [5, 5.41) is 6.62. The van der Waals surface area contributed by atoms with Crippen molar-refractivity contribution in [3.63, 3.8) is 0 Å². The molecule has 1 aliphatic carbocycles. The van der Waals surface area contributed by atoms with Gasteiger partial charge >= 0.3 is 0 Å². The molecule has 2 rings (SSSR count). The number of hydrogen-bond acceptors (Lipinski definition) is 2. The number of rotatable bonds is 3. The molecule has 104 valence electrons. The van der Waals surface area contributed by atoms with Gasteiger partial charge in [0.1, 0.15) is 0 Å². The van der Waals surface area contributed by atoms with E-state index in [-0.39, 0.29) is 5.92 Å².